The van der Waals surface area contributed by atoms with Crippen LogP contribution < -0.4 is 4.74 Å². The molecule has 23 heavy (non-hydrogen) atoms. The van der Waals surface area contributed by atoms with Crippen molar-refractivity contribution < 1.29 is 9.53 Å². The largest absolute Gasteiger partial charge is 0.494 e. The average Bonchev–Trinajstić information content (AvgIpc) is 2.89. The van der Waals surface area contributed by atoms with Gasteiger partial charge in [-0.3, -0.25) is 9.48 Å². The summed E-state index contributed by atoms with van der Waals surface area (Å²) in [5.74, 6) is 0.632. The molecule has 1 aromatic carbocycles. The van der Waals surface area contributed by atoms with Crippen LogP contribution >= 0.6 is 11.6 Å². The fourth-order valence-electron chi connectivity index (χ4n) is 2.09. The number of allylic oxidation sites excluding steroid dienone is 1. The van der Waals surface area contributed by atoms with Crippen molar-refractivity contribution in [3.05, 3.63) is 52.8 Å². The third kappa shape index (κ3) is 5.25. The fraction of sp³-hybridized carbons (Fsp3) is 0.333. The van der Waals surface area contributed by atoms with Crippen LogP contribution in [-0.4, -0.2) is 22.2 Å². The Hall–Kier alpha value is -2.07. The summed E-state index contributed by atoms with van der Waals surface area (Å²) in [6.45, 7) is 2.90. The van der Waals surface area contributed by atoms with Gasteiger partial charge in [0.1, 0.15) is 5.75 Å². The van der Waals surface area contributed by atoms with E-state index < -0.39 is 0 Å². The van der Waals surface area contributed by atoms with Gasteiger partial charge in [-0.1, -0.05) is 49.6 Å². The summed E-state index contributed by atoms with van der Waals surface area (Å²) in [5, 5.41) is 4.41. The van der Waals surface area contributed by atoms with E-state index >= 15 is 0 Å². The summed E-state index contributed by atoms with van der Waals surface area (Å²) >= 11 is 5.96. The molecule has 0 fully saturated rings. The van der Waals surface area contributed by atoms with E-state index in [4.69, 9.17) is 16.3 Å². The zero-order chi connectivity index (χ0) is 16.7. The van der Waals surface area contributed by atoms with Crippen LogP contribution in [0, 0.1) is 0 Å². The summed E-state index contributed by atoms with van der Waals surface area (Å²) in [6.07, 6.45) is 8.25. The number of halogens is 1. The standard InChI is InChI=1S/C18H21ClN2O2/c1-3-4-5-12-23-15-9-6-14(7-10-15)8-11-17(22)18-16(19)13-21(2)20-18/h6-11,13H,3-5,12H2,1-2H3/b11-8+. The molecule has 0 N–H and O–H groups in total. The Balaban J connectivity index is 1.92. The van der Waals surface area contributed by atoms with E-state index in [1.54, 1.807) is 19.3 Å². The van der Waals surface area contributed by atoms with Crippen LogP contribution in [0.15, 0.2) is 36.5 Å². The molecule has 0 saturated heterocycles. The predicted molar refractivity (Wildman–Crippen MR) is 93.0 cm³/mol. The third-order valence-electron chi connectivity index (χ3n) is 3.34. The van der Waals surface area contributed by atoms with E-state index in [2.05, 4.69) is 12.0 Å². The number of hydrogen-bond acceptors (Lipinski definition) is 3. The highest BCUT2D eigenvalue weighted by Crippen LogP contribution is 2.16. The molecule has 0 bridgehead atoms. The molecule has 2 aromatic rings. The van der Waals surface area contributed by atoms with Crippen molar-refractivity contribution >= 4 is 23.5 Å². The van der Waals surface area contributed by atoms with Gasteiger partial charge >= 0.3 is 0 Å². The van der Waals surface area contributed by atoms with E-state index in [0.717, 1.165) is 24.3 Å². The van der Waals surface area contributed by atoms with E-state index in [0.29, 0.717) is 5.02 Å². The van der Waals surface area contributed by atoms with Gasteiger partial charge in [-0.15, -0.1) is 0 Å². The first-order valence-electron chi connectivity index (χ1n) is 7.74. The molecule has 1 aromatic heterocycles. The molecule has 0 atom stereocenters. The highest BCUT2D eigenvalue weighted by Gasteiger charge is 2.11. The Morgan fingerprint density at radius 2 is 2.04 bits per heavy atom. The minimum Gasteiger partial charge on any atom is -0.494 e. The molecule has 0 aliphatic rings. The van der Waals surface area contributed by atoms with Crippen LogP contribution in [0.4, 0.5) is 0 Å². The maximum absolute atomic E-state index is 12.1. The lowest BCUT2D eigenvalue weighted by molar-refractivity contribution is 0.104. The molecule has 0 spiro atoms. The molecule has 0 amide bonds. The number of nitrogens with zero attached hydrogens (tertiary/aromatic N) is 2. The number of rotatable bonds is 8. The number of unbranched alkanes of at least 4 members (excludes halogenated alkanes) is 2. The third-order valence-corrected chi connectivity index (χ3v) is 3.62. The normalized spacial score (nSPS) is 11.1. The molecule has 2 rings (SSSR count). The van der Waals surface area contributed by atoms with E-state index in [-0.39, 0.29) is 11.5 Å². The highest BCUT2D eigenvalue weighted by molar-refractivity contribution is 6.34. The van der Waals surface area contributed by atoms with E-state index in [1.165, 1.54) is 23.6 Å². The number of carbonyl (C=O) groups is 1. The monoisotopic (exact) mass is 332 g/mol. The number of benzene rings is 1. The molecule has 5 heteroatoms. The van der Waals surface area contributed by atoms with E-state index in [9.17, 15) is 4.79 Å². The topological polar surface area (TPSA) is 44.1 Å². The number of ketones is 1. The van der Waals surface area contributed by atoms with Gasteiger partial charge in [0.2, 0.25) is 5.78 Å². The van der Waals surface area contributed by atoms with Crippen molar-refractivity contribution in [3.63, 3.8) is 0 Å². The van der Waals surface area contributed by atoms with Gasteiger partial charge in [-0.05, 0) is 30.2 Å². The Bertz CT molecular complexity index is 675. The first-order chi connectivity index (χ1) is 11.1. The number of aryl methyl sites for hydroxylation is 1. The first kappa shape index (κ1) is 17.3. The molecular formula is C18H21ClN2O2. The van der Waals surface area contributed by atoms with Crippen molar-refractivity contribution in [3.8, 4) is 5.75 Å². The Morgan fingerprint density at radius 1 is 1.30 bits per heavy atom. The zero-order valence-corrected chi connectivity index (χ0v) is 14.2. The lowest BCUT2D eigenvalue weighted by Gasteiger charge is -2.05. The molecule has 0 unspecified atom stereocenters. The fourth-order valence-corrected chi connectivity index (χ4v) is 2.37. The minimum absolute atomic E-state index is 0.213. The lowest BCUT2D eigenvalue weighted by Crippen LogP contribution is -1.98. The maximum Gasteiger partial charge on any atom is 0.207 e. The van der Waals surface area contributed by atoms with Gasteiger partial charge in [0.05, 0.1) is 11.6 Å². The maximum atomic E-state index is 12.1. The lowest BCUT2D eigenvalue weighted by atomic mass is 10.1. The van der Waals surface area contributed by atoms with Crippen LogP contribution in [0.2, 0.25) is 5.02 Å². The Morgan fingerprint density at radius 3 is 2.65 bits per heavy atom. The van der Waals surface area contributed by atoms with Gasteiger partial charge in [0, 0.05) is 13.2 Å². The van der Waals surface area contributed by atoms with Crippen LogP contribution in [0.5, 0.6) is 5.75 Å². The SMILES string of the molecule is CCCCCOc1ccc(/C=C/C(=O)c2nn(C)cc2Cl)cc1. The molecule has 0 aliphatic heterocycles. The molecular weight excluding hydrogens is 312 g/mol. The van der Waals surface area contributed by atoms with Crippen LogP contribution in [0.1, 0.15) is 42.2 Å². The molecule has 1 heterocycles. The van der Waals surface area contributed by atoms with Crippen molar-refractivity contribution in [1.82, 2.24) is 9.78 Å². The Labute approximate surface area is 141 Å². The summed E-state index contributed by atoms with van der Waals surface area (Å²) < 4.78 is 7.18. The minimum atomic E-state index is -0.213. The van der Waals surface area contributed by atoms with Gasteiger partial charge in [0.15, 0.2) is 5.69 Å². The number of carbonyl (C=O) groups excluding carboxylic acids is 1. The van der Waals surface area contributed by atoms with E-state index in [1.807, 2.05) is 24.3 Å². The van der Waals surface area contributed by atoms with Crippen LogP contribution in [-0.2, 0) is 7.05 Å². The second kappa shape index (κ2) is 8.53. The van der Waals surface area contributed by atoms with Gasteiger partial charge in [-0.25, -0.2) is 0 Å². The molecule has 122 valence electrons. The smallest absolute Gasteiger partial charge is 0.207 e. The van der Waals surface area contributed by atoms with Crippen molar-refractivity contribution in [2.45, 2.75) is 26.2 Å². The van der Waals surface area contributed by atoms with Crippen LogP contribution in [0.3, 0.4) is 0 Å². The quantitative estimate of drug-likeness (QED) is 0.405. The van der Waals surface area contributed by atoms with Crippen molar-refractivity contribution in [2.75, 3.05) is 6.61 Å². The van der Waals surface area contributed by atoms with Crippen LogP contribution in [0.25, 0.3) is 6.08 Å². The van der Waals surface area contributed by atoms with Crippen molar-refractivity contribution in [1.29, 1.82) is 0 Å². The average molecular weight is 333 g/mol. The summed E-state index contributed by atoms with van der Waals surface area (Å²) in [4.78, 5) is 12.1. The molecule has 0 radical (unpaired) electrons. The van der Waals surface area contributed by atoms with Gasteiger partial charge in [-0.2, -0.15) is 5.10 Å². The Kier molecular flexibility index (Phi) is 6.41. The predicted octanol–water partition coefficient (Wildman–Crippen LogP) is 4.54. The highest BCUT2D eigenvalue weighted by atomic mass is 35.5. The summed E-state index contributed by atoms with van der Waals surface area (Å²) in [7, 11) is 1.73. The second-order valence-corrected chi connectivity index (χ2v) is 5.73. The molecule has 0 saturated carbocycles. The van der Waals surface area contributed by atoms with Crippen molar-refractivity contribution in [2.24, 2.45) is 7.05 Å². The molecule has 4 nitrogen and oxygen atoms in total. The number of aromatic nitrogens is 2. The van der Waals surface area contributed by atoms with Gasteiger partial charge in [0.25, 0.3) is 0 Å². The number of hydrogen-bond donors (Lipinski definition) is 0. The summed E-state index contributed by atoms with van der Waals surface area (Å²) in [6, 6.07) is 7.64. The number of ether oxygens (including phenoxy) is 1. The van der Waals surface area contributed by atoms with Gasteiger partial charge < -0.3 is 4.74 Å². The first-order valence-corrected chi connectivity index (χ1v) is 8.12. The molecule has 0 aliphatic carbocycles. The zero-order valence-electron chi connectivity index (χ0n) is 13.5. The second-order valence-electron chi connectivity index (χ2n) is 5.32. The summed E-state index contributed by atoms with van der Waals surface area (Å²) in [5.41, 5.74) is 1.19.